The Morgan fingerprint density at radius 3 is 2.00 bits per heavy atom. The minimum absolute atomic E-state index is 1.18. The van der Waals surface area contributed by atoms with Crippen LogP contribution in [0.3, 0.4) is 0 Å². The molecule has 2 aliphatic heterocycles. The molecule has 2 aliphatic rings. The molecule has 2 fully saturated rings. The van der Waals surface area contributed by atoms with E-state index in [0.29, 0.717) is 0 Å². The van der Waals surface area contributed by atoms with Crippen molar-refractivity contribution in [2.24, 2.45) is 7.05 Å². The van der Waals surface area contributed by atoms with Crippen LogP contribution in [-0.2, 0) is 7.05 Å². The average Bonchev–Trinajstić information content (AvgIpc) is 2.83. The second-order valence-corrected chi connectivity index (χ2v) is 5.60. The molecule has 3 rings (SSSR count). The van der Waals surface area contributed by atoms with Gasteiger partial charge in [-0.2, -0.15) is 0 Å². The number of imidazole rings is 1. The molecule has 3 heterocycles. The van der Waals surface area contributed by atoms with Gasteiger partial charge in [-0.05, 0) is 38.5 Å². The van der Waals surface area contributed by atoms with Gasteiger partial charge in [0, 0.05) is 33.2 Å². The van der Waals surface area contributed by atoms with Gasteiger partial charge >= 0.3 is 0 Å². The van der Waals surface area contributed by atoms with Gasteiger partial charge in [-0.15, -0.1) is 0 Å². The summed E-state index contributed by atoms with van der Waals surface area (Å²) in [6.07, 6.45) is 10.0. The van der Waals surface area contributed by atoms with Gasteiger partial charge in [-0.3, -0.25) is 0 Å². The highest BCUT2D eigenvalue weighted by Gasteiger charge is 2.23. The van der Waals surface area contributed by atoms with E-state index >= 15 is 0 Å². The Labute approximate surface area is 110 Å². The number of aromatic nitrogens is 2. The third-order valence-electron chi connectivity index (χ3n) is 4.20. The molecular formula is C14H24N4. The molecule has 2 saturated heterocycles. The van der Waals surface area contributed by atoms with Crippen molar-refractivity contribution in [3.8, 4) is 0 Å². The molecule has 4 nitrogen and oxygen atoms in total. The molecule has 1 aromatic rings. The standard InChI is InChI=1S/C14H24N4/c1-16-12-15-13(17-8-4-2-5-9-17)14(16)18-10-6-3-7-11-18/h12H,2-11H2,1H3. The van der Waals surface area contributed by atoms with Crippen LogP contribution in [0.25, 0.3) is 0 Å². The highest BCUT2D eigenvalue weighted by Crippen LogP contribution is 2.31. The number of nitrogens with zero attached hydrogens (tertiary/aromatic N) is 4. The lowest BCUT2D eigenvalue weighted by Gasteiger charge is -2.33. The first-order valence-corrected chi connectivity index (χ1v) is 7.37. The van der Waals surface area contributed by atoms with E-state index in [9.17, 15) is 0 Å². The molecule has 0 unspecified atom stereocenters. The Morgan fingerprint density at radius 1 is 0.833 bits per heavy atom. The first-order valence-electron chi connectivity index (χ1n) is 7.37. The maximum Gasteiger partial charge on any atom is 0.171 e. The van der Waals surface area contributed by atoms with Crippen molar-refractivity contribution in [1.82, 2.24) is 9.55 Å². The third-order valence-corrected chi connectivity index (χ3v) is 4.20. The quantitative estimate of drug-likeness (QED) is 0.803. The molecule has 0 bridgehead atoms. The lowest BCUT2D eigenvalue weighted by atomic mass is 10.1. The van der Waals surface area contributed by atoms with Crippen molar-refractivity contribution in [1.29, 1.82) is 0 Å². The van der Waals surface area contributed by atoms with Gasteiger partial charge in [0.15, 0.2) is 11.6 Å². The maximum absolute atomic E-state index is 4.66. The molecule has 100 valence electrons. The topological polar surface area (TPSA) is 24.3 Å². The fraction of sp³-hybridized carbons (Fsp3) is 0.786. The van der Waals surface area contributed by atoms with Crippen molar-refractivity contribution >= 4 is 11.6 Å². The molecule has 1 aromatic heterocycles. The van der Waals surface area contributed by atoms with Crippen LogP contribution in [0.2, 0.25) is 0 Å². The second-order valence-electron chi connectivity index (χ2n) is 5.60. The maximum atomic E-state index is 4.66. The van der Waals surface area contributed by atoms with Gasteiger partial charge in [-0.1, -0.05) is 0 Å². The van der Waals surface area contributed by atoms with E-state index in [1.807, 2.05) is 6.33 Å². The molecule has 0 spiro atoms. The van der Waals surface area contributed by atoms with E-state index in [0.717, 1.165) is 0 Å². The van der Waals surface area contributed by atoms with Gasteiger partial charge in [0.25, 0.3) is 0 Å². The molecular weight excluding hydrogens is 224 g/mol. The normalized spacial score (nSPS) is 21.4. The summed E-state index contributed by atoms with van der Waals surface area (Å²) in [7, 11) is 2.13. The van der Waals surface area contributed by atoms with E-state index in [2.05, 4.69) is 26.4 Å². The predicted molar refractivity (Wildman–Crippen MR) is 75.3 cm³/mol. The lowest BCUT2D eigenvalue weighted by Crippen LogP contribution is -2.35. The van der Waals surface area contributed by atoms with Crippen molar-refractivity contribution in [2.75, 3.05) is 36.0 Å². The van der Waals surface area contributed by atoms with Crippen LogP contribution in [0.4, 0.5) is 11.6 Å². The van der Waals surface area contributed by atoms with Crippen LogP contribution < -0.4 is 9.80 Å². The molecule has 0 aliphatic carbocycles. The highest BCUT2D eigenvalue weighted by molar-refractivity contribution is 5.64. The summed E-state index contributed by atoms with van der Waals surface area (Å²) in [5.41, 5.74) is 0. The molecule has 0 radical (unpaired) electrons. The minimum atomic E-state index is 1.18. The number of hydrogen-bond acceptors (Lipinski definition) is 3. The summed E-state index contributed by atoms with van der Waals surface area (Å²) < 4.78 is 2.20. The number of anilines is 2. The summed E-state index contributed by atoms with van der Waals surface area (Å²) >= 11 is 0. The molecule has 0 atom stereocenters. The predicted octanol–water partition coefficient (Wildman–Crippen LogP) is 2.40. The second kappa shape index (κ2) is 5.21. The van der Waals surface area contributed by atoms with Crippen LogP contribution in [0.5, 0.6) is 0 Å². The van der Waals surface area contributed by atoms with E-state index in [1.165, 1.54) is 76.3 Å². The van der Waals surface area contributed by atoms with Gasteiger partial charge in [-0.25, -0.2) is 4.98 Å². The summed E-state index contributed by atoms with van der Waals surface area (Å²) in [5.74, 6) is 2.57. The van der Waals surface area contributed by atoms with Crippen molar-refractivity contribution < 1.29 is 0 Å². The van der Waals surface area contributed by atoms with Gasteiger partial charge in [0.2, 0.25) is 0 Å². The van der Waals surface area contributed by atoms with Crippen LogP contribution in [0, 0.1) is 0 Å². The van der Waals surface area contributed by atoms with Crippen molar-refractivity contribution in [2.45, 2.75) is 38.5 Å². The smallest absolute Gasteiger partial charge is 0.171 e. The summed E-state index contributed by atoms with van der Waals surface area (Å²) in [4.78, 5) is 9.67. The average molecular weight is 248 g/mol. The Balaban J connectivity index is 1.85. The fourth-order valence-corrected chi connectivity index (χ4v) is 3.21. The van der Waals surface area contributed by atoms with E-state index in [1.54, 1.807) is 0 Å². The largest absolute Gasteiger partial charge is 0.355 e. The van der Waals surface area contributed by atoms with Crippen LogP contribution in [0.15, 0.2) is 6.33 Å². The van der Waals surface area contributed by atoms with E-state index in [4.69, 9.17) is 0 Å². The van der Waals surface area contributed by atoms with Crippen LogP contribution in [0.1, 0.15) is 38.5 Å². The Morgan fingerprint density at radius 2 is 1.39 bits per heavy atom. The monoisotopic (exact) mass is 248 g/mol. The summed E-state index contributed by atoms with van der Waals surface area (Å²) in [5, 5.41) is 0. The van der Waals surface area contributed by atoms with Gasteiger partial charge in [0.05, 0.1) is 6.33 Å². The molecule has 0 aromatic carbocycles. The molecule has 4 heteroatoms. The zero-order valence-electron chi connectivity index (χ0n) is 11.4. The van der Waals surface area contributed by atoms with Crippen LogP contribution >= 0.6 is 0 Å². The molecule has 0 amide bonds. The number of aryl methyl sites for hydroxylation is 1. The first kappa shape index (κ1) is 11.9. The zero-order chi connectivity index (χ0) is 12.4. The molecule has 18 heavy (non-hydrogen) atoms. The first-order chi connectivity index (χ1) is 8.86. The number of rotatable bonds is 2. The fourth-order valence-electron chi connectivity index (χ4n) is 3.21. The highest BCUT2D eigenvalue weighted by atomic mass is 15.3. The zero-order valence-corrected chi connectivity index (χ0v) is 11.4. The van der Waals surface area contributed by atoms with Crippen molar-refractivity contribution in [3.05, 3.63) is 6.33 Å². The summed E-state index contributed by atoms with van der Waals surface area (Å²) in [6.45, 7) is 4.75. The van der Waals surface area contributed by atoms with E-state index < -0.39 is 0 Å². The Bertz CT molecular complexity index is 386. The summed E-state index contributed by atoms with van der Waals surface area (Å²) in [6, 6.07) is 0. The third kappa shape index (κ3) is 2.20. The van der Waals surface area contributed by atoms with Gasteiger partial charge < -0.3 is 14.4 Å². The van der Waals surface area contributed by atoms with Gasteiger partial charge in [0.1, 0.15) is 0 Å². The minimum Gasteiger partial charge on any atom is -0.355 e. The Hall–Kier alpha value is -1.19. The molecule has 0 saturated carbocycles. The van der Waals surface area contributed by atoms with Crippen LogP contribution in [-0.4, -0.2) is 35.7 Å². The van der Waals surface area contributed by atoms with Crippen molar-refractivity contribution in [3.63, 3.8) is 0 Å². The van der Waals surface area contributed by atoms with E-state index in [-0.39, 0.29) is 0 Å². The molecule has 0 N–H and O–H groups in total. The number of hydrogen-bond donors (Lipinski definition) is 0. The Kier molecular flexibility index (Phi) is 3.43. The SMILES string of the molecule is Cn1cnc(N2CCCCC2)c1N1CCCCC1. The lowest BCUT2D eigenvalue weighted by molar-refractivity contribution is 0.557. The number of piperidine rings is 2.